The predicted octanol–water partition coefficient (Wildman–Crippen LogP) is 1.89. The molecule has 0 N–H and O–H groups in total. The molecular formula is C15H16N2O2S. The predicted molar refractivity (Wildman–Crippen MR) is 83.1 cm³/mol. The van der Waals surface area contributed by atoms with Gasteiger partial charge in [0.15, 0.2) is 0 Å². The zero-order valence-corrected chi connectivity index (χ0v) is 12.3. The first-order valence-electron chi connectivity index (χ1n) is 6.21. The van der Waals surface area contributed by atoms with Crippen molar-refractivity contribution in [3.63, 3.8) is 0 Å². The minimum Gasteiger partial charge on any atom is -0.291 e. The SMILES string of the molecule is Cn1c(SC/C=C/c2ccccc2)cc(=O)n(C)c1=O. The van der Waals surface area contributed by atoms with Gasteiger partial charge in [-0.25, -0.2) is 4.79 Å². The van der Waals surface area contributed by atoms with Crippen molar-refractivity contribution in [3.8, 4) is 0 Å². The summed E-state index contributed by atoms with van der Waals surface area (Å²) in [5.74, 6) is 0.704. The van der Waals surface area contributed by atoms with E-state index < -0.39 is 0 Å². The lowest BCUT2D eigenvalue weighted by Gasteiger charge is -2.07. The van der Waals surface area contributed by atoms with Crippen LogP contribution in [-0.4, -0.2) is 14.9 Å². The van der Waals surface area contributed by atoms with Gasteiger partial charge in [0.05, 0.1) is 5.03 Å². The van der Waals surface area contributed by atoms with E-state index in [2.05, 4.69) is 0 Å². The van der Waals surface area contributed by atoms with Crippen LogP contribution in [0.4, 0.5) is 0 Å². The van der Waals surface area contributed by atoms with Crippen molar-refractivity contribution in [1.82, 2.24) is 9.13 Å². The third-order valence-corrected chi connectivity index (χ3v) is 3.97. The summed E-state index contributed by atoms with van der Waals surface area (Å²) in [4.78, 5) is 23.3. The molecule has 0 radical (unpaired) electrons. The van der Waals surface area contributed by atoms with Crippen LogP contribution >= 0.6 is 11.8 Å². The van der Waals surface area contributed by atoms with Crippen molar-refractivity contribution in [2.75, 3.05) is 5.75 Å². The van der Waals surface area contributed by atoms with Crippen LogP contribution in [0.15, 0.2) is 57.1 Å². The van der Waals surface area contributed by atoms with Crippen molar-refractivity contribution in [2.24, 2.45) is 14.1 Å². The molecule has 0 atom stereocenters. The molecule has 1 aromatic heterocycles. The largest absolute Gasteiger partial charge is 0.331 e. The van der Waals surface area contributed by atoms with Gasteiger partial charge in [-0.2, -0.15) is 0 Å². The first-order valence-corrected chi connectivity index (χ1v) is 7.19. The molecule has 1 heterocycles. The Kier molecular flexibility index (Phi) is 4.63. The molecule has 0 aliphatic carbocycles. The van der Waals surface area contributed by atoms with Gasteiger partial charge < -0.3 is 0 Å². The molecule has 4 nitrogen and oxygen atoms in total. The van der Waals surface area contributed by atoms with Crippen molar-refractivity contribution in [2.45, 2.75) is 5.03 Å². The van der Waals surface area contributed by atoms with Crippen LogP contribution in [0, 0.1) is 0 Å². The van der Waals surface area contributed by atoms with Crippen LogP contribution in [0.3, 0.4) is 0 Å². The normalized spacial score (nSPS) is 11.1. The van der Waals surface area contributed by atoms with E-state index in [0.717, 1.165) is 10.1 Å². The Morgan fingerprint density at radius 3 is 2.50 bits per heavy atom. The second-order valence-electron chi connectivity index (χ2n) is 4.35. The average Bonchev–Trinajstić information content (AvgIpc) is 2.47. The number of hydrogen-bond donors (Lipinski definition) is 0. The quantitative estimate of drug-likeness (QED) is 0.637. The first-order chi connectivity index (χ1) is 9.59. The molecule has 0 saturated heterocycles. The van der Waals surface area contributed by atoms with Gasteiger partial charge in [0, 0.05) is 25.9 Å². The summed E-state index contributed by atoms with van der Waals surface area (Å²) in [6.45, 7) is 0. The smallest absolute Gasteiger partial charge is 0.291 e. The fourth-order valence-electron chi connectivity index (χ4n) is 1.73. The Labute approximate surface area is 121 Å². The Morgan fingerprint density at radius 2 is 1.80 bits per heavy atom. The van der Waals surface area contributed by atoms with E-state index in [1.165, 1.54) is 29.4 Å². The summed E-state index contributed by atoms with van der Waals surface area (Å²) in [7, 11) is 3.15. The highest BCUT2D eigenvalue weighted by atomic mass is 32.2. The minimum absolute atomic E-state index is 0.275. The van der Waals surface area contributed by atoms with E-state index in [-0.39, 0.29) is 11.2 Å². The lowest BCUT2D eigenvalue weighted by Crippen LogP contribution is -2.36. The van der Waals surface area contributed by atoms with Gasteiger partial charge in [-0.15, -0.1) is 11.8 Å². The van der Waals surface area contributed by atoms with Gasteiger partial charge in [0.25, 0.3) is 5.56 Å². The molecule has 0 spiro atoms. The lowest BCUT2D eigenvalue weighted by molar-refractivity contribution is 0.636. The molecule has 2 aromatic rings. The molecule has 1 aromatic carbocycles. The van der Waals surface area contributed by atoms with Gasteiger partial charge in [0.1, 0.15) is 0 Å². The van der Waals surface area contributed by atoms with E-state index >= 15 is 0 Å². The van der Waals surface area contributed by atoms with Crippen molar-refractivity contribution in [3.05, 3.63) is 68.9 Å². The molecule has 0 aliphatic heterocycles. The maximum atomic E-state index is 11.8. The van der Waals surface area contributed by atoms with Crippen LogP contribution in [0.2, 0.25) is 0 Å². The second-order valence-corrected chi connectivity index (χ2v) is 5.39. The summed E-state index contributed by atoms with van der Waals surface area (Å²) in [6.07, 6.45) is 4.04. The molecule has 2 rings (SSSR count). The average molecular weight is 288 g/mol. The number of benzene rings is 1. The van der Waals surface area contributed by atoms with Gasteiger partial charge >= 0.3 is 5.69 Å². The molecule has 20 heavy (non-hydrogen) atoms. The highest BCUT2D eigenvalue weighted by Crippen LogP contribution is 2.14. The van der Waals surface area contributed by atoms with E-state index in [0.29, 0.717) is 10.8 Å². The van der Waals surface area contributed by atoms with Crippen LogP contribution < -0.4 is 11.2 Å². The van der Waals surface area contributed by atoms with Crippen LogP contribution in [0.5, 0.6) is 0 Å². The fraction of sp³-hybridized carbons (Fsp3) is 0.200. The first kappa shape index (κ1) is 14.4. The highest BCUT2D eigenvalue weighted by Gasteiger charge is 2.05. The van der Waals surface area contributed by atoms with Crippen LogP contribution in [0.1, 0.15) is 5.56 Å². The van der Waals surface area contributed by atoms with E-state index in [4.69, 9.17) is 0 Å². The number of thioether (sulfide) groups is 1. The summed E-state index contributed by atoms with van der Waals surface area (Å²) in [6, 6.07) is 11.5. The molecule has 0 aliphatic rings. The van der Waals surface area contributed by atoms with E-state index in [1.807, 2.05) is 42.5 Å². The maximum Gasteiger partial charge on any atom is 0.331 e. The minimum atomic E-state index is -0.299. The van der Waals surface area contributed by atoms with E-state index in [1.54, 1.807) is 7.05 Å². The van der Waals surface area contributed by atoms with Crippen molar-refractivity contribution < 1.29 is 0 Å². The van der Waals surface area contributed by atoms with Crippen LogP contribution in [0.25, 0.3) is 6.08 Å². The summed E-state index contributed by atoms with van der Waals surface area (Å²) in [5, 5.41) is 0.677. The van der Waals surface area contributed by atoms with Crippen LogP contribution in [-0.2, 0) is 14.1 Å². The number of hydrogen-bond acceptors (Lipinski definition) is 3. The summed E-state index contributed by atoms with van der Waals surface area (Å²) >= 11 is 1.47. The third-order valence-electron chi connectivity index (χ3n) is 2.92. The highest BCUT2D eigenvalue weighted by molar-refractivity contribution is 7.99. The Bertz CT molecular complexity index is 730. The van der Waals surface area contributed by atoms with Gasteiger partial charge in [-0.05, 0) is 5.56 Å². The van der Waals surface area contributed by atoms with E-state index in [9.17, 15) is 9.59 Å². The molecule has 0 fully saturated rings. The third kappa shape index (κ3) is 3.30. The Morgan fingerprint density at radius 1 is 1.10 bits per heavy atom. The van der Waals surface area contributed by atoms with Gasteiger partial charge in [-0.1, -0.05) is 42.5 Å². The van der Waals surface area contributed by atoms with Crippen molar-refractivity contribution in [1.29, 1.82) is 0 Å². The molecule has 0 unspecified atom stereocenters. The second kappa shape index (κ2) is 6.43. The van der Waals surface area contributed by atoms with Crippen molar-refractivity contribution >= 4 is 17.8 Å². The molecule has 104 valence electrons. The van der Waals surface area contributed by atoms with Gasteiger partial charge in [-0.3, -0.25) is 13.9 Å². The lowest BCUT2D eigenvalue weighted by atomic mass is 10.2. The fourth-order valence-corrected chi connectivity index (χ4v) is 2.55. The number of rotatable bonds is 4. The summed E-state index contributed by atoms with van der Waals surface area (Å²) in [5.41, 5.74) is 0.556. The zero-order valence-electron chi connectivity index (χ0n) is 11.4. The number of nitrogens with zero attached hydrogens (tertiary/aromatic N) is 2. The maximum absolute atomic E-state index is 11.8. The Hall–Kier alpha value is -2.01. The Balaban J connectivity index is 2.07. The van der Waals surface area contributed by atoms with Gasteiger partial charge in [0.2, 0.25) is 0 Å². The molecule has 0 saturated carbocycles. The molecule has 0 amide bonds. The topological polar surface area (TPSA) is 44.0 Å². The molecule has 5 heteroatoms. The standard InChI is InChI=1S/C15H16N2O2S/c1-16-13(18)11-14(17(2)15(16)19)20-10-6-9-12-7-4-3-5-8-12/h3-9,11H,10H2,1-2H3/b9-6+. The summed E-state index contributed by atoms with van der Waals surface area (Å²) < 4.78 is 2.59. The molecular weight excluding hydrogens is 272 g/mol. The number of aromatic nitrogens is 2. The zero-order chi connectivity index (χ0) is 14.5. The monoisotopic (exact) mass is 288 g/mol. The molecule has 0 bridgehead atoms.